The van der Waals surface area contributed by atoms with Crippen molar-refractivity contribution in [2.75, 3.05) is 40.4 Å². The topological polar surface area (TPSA) is 95.6 Å². The number of ether oxygens (including phenoxy) is 1. The number of ketones is 1. The Bertz CT molecular complexity index is 1420. The van der Waals surface area contributed by atoms with E-state index in [-0.39, 0.29) is 16.2 Å². The van der Waals surface area contributed by atoms with Crippen molar-refractivity contribution in [2.45, 2.75) is 18.4 Å². The van der Waals surface area contributed by atoms with Crippen molar-refractivity contribution < 1.29 is 17.9 Å². The lowest BCUT2D eigenvalue weighted by Crippen LogP contribution is -2.35. The van der Waals surface area contributed by atoms with Gasteiger partial charge in [0.05, 0.1) is 23.6 Å². The van der Waals surface area contributed by atoms with Gasteiger partial charge in [0.25, 0.3) is 10.0 Å². The quantitative estimate of drug-likeness (QED) is 0.284. The van der Waals surface area contributed by atoms with Crippen LogP contribution in [0, 0.1) is 18.3 Å². The number of benzene rings is 2. The van der Waals surface area contributed by atoms with Crippen LogP contribution in [-0.4, -0.2) is 68.4 Å². The average Bonchev–Trinajstić information content (AvgIpc) is 3.22. The number of fused-ring (bicyclic) bond motifs is 1. The van der Waals surface area contributed by atoms with Crippen LogP contribution in [0.1, 0.15) is 21.6 Å². The lowest BCUT2D eigenvalue weighted by Gasteiger charge is -2.26. The van der Waals surface area contributed by atoms with Gasteiger partial charge in [-0.1, -0.05) is 29.8 Å². The zero-order valence-electron chi connectivity index (χ0n) is 20.1. The van der Waals surface area contributed by atoms with Gasteiger partial charge in [-0.15, -0.1) is 0 Å². The average molecular weight is 493 g/mol. The normalized spacial score (nSPS) is 15.2. The summed E-state index contributed by atoms with van der Waals surface area (Å²) in [5, 5.41) is 10.2. The summed E-state index contributed by atoms with van der Waals surface area (Å²) in [6, 6.07) is 15.5. The van der Waals surface area contributed by atoms with Crippen LogP contribution in [0.3, 0.4) is 0 Å². The number of aromatic nitrogens is 1. The summed E-state index contributed by atoms with van der Waals surface area (Å²) < 4.78 is 34.2. The zero-order chi connectivity index (χ0) is 25.2. The number of carbonyl (C=O) groups is 1. The third-order valence-corrected chi connectivity index (χ3v) is 7.62. The number of hydrogen-bond donors (Lipinski definition) is 0. The van der Waals surface area contributed by atoms with Gasteiger partial charge in [0.2, 0.25) is 5.78 Å². The highest BCUT2D eigenvalue weighted by molar-refractivity contribution is 7.90. The van der Waals surface area contributed by atoms with Crippen molar-refractivity contribution in [2.24, 2.45) is 0 Å². The Balaban J connectivity index is 1.90. The molecule has 0 N–H and O–H groups in total. The minimum Gasteiger partial charge on any atom is -0.382 e. The van der Waals surface area contributed by atoms with Crippen LogP contribution in [0.2, 0.25) is 0 Å². The van der Waals surface area contributed by atoms with Crippen LogP contribution in [0.25, 0.3) is 10.9 Å². The fraction of sp³-hybridized carbons (Fsp3) is 0.308. The number of nitriles is 1. The molecule has 3 aromatic rings. The van der Waals surface area contributed by atoms with Crippen molar-refractivity contribution in [1.29, 1.82) is 5.26 Å². The second-order valence-electron chi connectivity index (χ2n) is 8.84. The molecule has 35 heavy (non-hydrogen) atoms. The first-order valence-electron chi connectivity index (χ1n) is 11.3. The highest BCUT2D eigenvalue weighted by atomic mass is 32.2. The molecule has 0 saturated carbocycles. The Hall–Kier alpha value is -3.45. The van der Waals surface area contributed by atoms with E-state index in [2.05, 4.69) is 4.90 Å². The summed E-state index contributed by atoms with van der Waals surface area (Å²) in [6.45, 7) is 5.43. The molecule has 2 aromatic carbocycles. The standard InChI is InChI=1S/C26H28N4O4S/c1-19-4-8-23(9-5-19)35(32,33)30-24-14-20(17-29-10-12-34-13-11-29)6-7-21(24)15-25(30)26(31)22(16-27)18-28(2)3/h4-9,14-15,18H,10-13,17H2,1-3H3/b22-18+. The number of nitrogens with zero attached hydrogens (tertiary/aromatic N) is 4. The Morgan fingerprint density at radius 1 is 1.11 bits per heavy atom. The maximum Gasteiger partial charge on any atom is 0.268 e. The van der Waals surface area contributed by atoms with E-state index < -0.39 is 15.8 Å². The maximum absolute atomic E-state index is 13.9. The first-order chi connectivity index (χ1) is 16.7. The summed E-state index contributed by atoms with van der Waals surface area (Å²) in [5.74, 6) is -0.650. The van der Waals surface area contributed by atoms with Gasteiger partial charge in [-0.25, -0.2) is 12.4 Å². The first-order valence-corrected chi connectivity index (χ1v) is 12.7. The first kappa shape index (κ1) is 24.7. The minimum atomic E-state index is -4.12. The van der Waals surface area contributed by atoms with Gasteiger partial charge in [-0.05, 0) is 36.8 Å². The maximum atomic E-state index is 13.9. The number of morpholine rings is 1. The van der Waals surface area contributed by atoms with Gasteiger partial charge in [0.1, 0.15) is 17.3 Å². The van der Waals surface area contributed by atoms with Crippen LogP contribution >= 0.6 is 0 Å². The summed E-state index contributed by atoms with van der Waals surface area (Å²) >= 11 is 0. The fourth-order valence-corrected chi connectivity index (χ4v) is 5.61. The smallest absolute Gasteiger partial charge is 0.268 e. The Morgan fingerprint density at radius 2 is 1.80 bits per heavy atom. The molecule has 182 valence electrons. The number of aryl methyl sites for hydroxylation is 1. The fourth-order valence-electron chi connectivity index (χ4n) is 4.11. The van der Waals surface area contributed by atoms with Gasteiger partial charge in [0.15, 0.2) is 0 Å². The largest absolute Gasteiger partial charge is 0.382 e. The highest BCUT2D eigenvalue weighted by Crippen LogP contribution is 2.29. The summed E-state index contributed by atoms with van der Waals surface area (Å²) in [4.78, 5) is 17.3. The van der Waals surface area contributed by atoms with Crippen molar-refractivity contribution >= 4 is 26.7 Å². The number of carbonyl (C=O) groups excluding carboxylic acids is 1. The predicted molar refractivity (Wildman–Crippen MR) is 134 cm³/mol. The minimum absolute atomic E-state index is 0.0706. The van der Waals surface area contributed by atoms with Crippen LogP contribution in [0.4, 0.5) is 0 Å². The SMILES string of the molecule is Cc1ccc(S(=O)(=O)n2c(C(=O)/C(C#N)=C/N(C)C)cc3ccc(CN4CCOCC4)cc32)cc1. The molecule has 1 aromatic heterocycles. The highest BCUT2D eigenvalue weighted by Gasteiger charge is 2.28. The summed E-state index contributed by atoms with van der Waals surface area (Å²) in [5.41, 5.74) is 2.04. The van der Waals surface area contributed by atoms with Gasteiger partial charge < -0.3 is 9.64 Å². The van der Waals surface area contributed by atoms with Crippen LogP contribution in [0.5, 0.6) is 0 Å². The lowest BCUT2D eigenvalue weighted by molar-refractivity contribution is 0.0342. The van der Waals surface area contributed by atoms with Gasteiger partial charge in [0, 0.05) is 45.3 Å². The van der Waals surface area contributed by atoms with E-state index in [0.29, 0.717) is 30.7 Å². The van der Waals surface area contributed by atoms with Crippen LogP contribution in [-0.2, 0) is 21.3 Å². The van der Waals surface area contributed by atoms with E-state index in [9.17, 15) is 18.5 Å². The number of hydrogen-bond acceptors (Lipinski definition) is 7. The predicted octanol–water partition coefficient (Wildman–Crippen LogP) is 3.17. The van der Waals surface area contributed by atoms with E-state index in [1.54, 1.807) is 37.2 Å². The lowest BCUT2D eigenvalue weighted by atomic mass is 10.1. The summed E-state index contributed by atoms with van der Waals surface area (Å²) in [6.07, 6.45) is 1.40. The molecule has 1 fully saturated rings. The molecule has 0 amide bonds. The molecule has 0 spiro atoms. The number of allylic oxidation sites excluding steroid dienone is 1. The molecule has 0 bridgehead atoms. The molecule has 8 nitrogen and oxygen atoms in total. The molecular weight excluding hydrogens is 464 g/mol. The Labute approximate surface area is 205 Å². The van der Waals surface area contributed by atoms with E-state index in [0.717, 1.165) is 28.2 Å². The monoisotopic (exact) mass is 492 g/mol. The Morgan fingerprint density at radius 3 is 2.43 bits per heavy atom. The molecule has 0 atom stereocenters. The number of Topliss-reactive ketones (excluding diaryl/α,β-unsaturated/α-hetero) is 1. The van der Waals surface area contributed by atoms with Crippen molar-refractivity contribution in [3.63, 3.8) is 0 Å². The molecule has 0 radical (unpaired) electrons. The third-order valence-electron chi connectivity index (χ3n) is 5.88. The van der Waals surface area contributed by atoms with Gasteiger partial charge >= 0.3 is 0 Å². The molecule has 9 heteroatoms. The van der Waals surface area contributed by atoms with Crippen LogP contribution < -0.4 is 0 Å². The number of rotatable bonds is 7. The summed E-state index contributed by atoms with van der Waals surface area (Å²) in [7, 11) is -0.732. The Kier molecular flexibility index (Phi) is 7.08. The molecule has 1 aliphatic heterocycles. The molecule has 2 heterocycles. The second kappa shape index (κ2) is 10.0. The van der Waals surface area contributed by atoms with E-state index in [4.69, 9.17) is 4.74 Å². The molecule has 0 unspecified atom stereocenters. The van der Waals surface area contributed by atoms with Gasteiger partial charge in [-0.3, -0.25) is 9.69 Å². The second-order valence-corrected chi connectivity index (χ2v) is 10.6. The molecule has 1 aliphatic rings. The van der Waals surface area contributed by atoms with E-state index >= 15 is 0 Å². The molecular formula is C26H28N4O4S. The van der Waals surface area contributed by atoms with Crippen molar-refractivity contribution in [3.05, 3.63) is 77.1 Å². The van der Waals surface area contributed by atoms with Gasteiger partial charge in [-0.2, -0.15) is 5.26 Å². The van der Waals surface area contributed by atoms with Crippen LogP contribution in [0.15, 0.2) is 65.2 Å². The zero-order valence-corrected chi connectivity index (χ0v) is 20.9. The third kappa shape index (κ3) is 5.15. The van der Waals surface area contributed by atoms with E-state index in [1.165, 1.54) is 18.3 Å². The van der Waals surface area contributed by atoms with Crippen molar-refractivity contribution in [1.82, 2.24) is 13.8 Å². The molecule has 0 aliphatic carbocycles. The molecule has 1 saturated heterocycles. The van der Waals surface area contributed by atoms with E-state index in [1.807, 2.05) is 31.2 Å². The molecule has 4 rings (SSSR count). The van der Waals surface area contributed by atoms with Crippen molar-refractivity contribution in [3.8, 4) is 6.07 Å².